The van der Waals surface area contributed by atoms with Crippen LogP contribution < -0.4 is 4.74 Å². The van der Waals surface area contributed by atoms with E-state index >= 15 is 4.39 Å². The maximum atomic E-state index is 15.7. The van der Waals surface area contributed by atoms with Crippen molar-refractivity contribution >= 4 is 28.5 Å². The number of carboxylic acid groups (broad SMARTS) is 1. The lowest BCUT2D eigenvalue weighted by Gasteiger charge is -2.41. The van der Waals surface area contributed by atoms with E-state index in [-0.39, 0.29) is 17.9 Å². The van der Waals surface area contributed by atoms with Crippen LogP contribution in [0.25, 0.3) is 10.9 Å². The largest absolute Gasteiger partial charge is 0.497 e. The molecule has 0 bridgehead atoms. The van der Waals surface area contributed by atoms with Gasteiger partial charge in [0.1, 0.15) is 11.9 Å². The van der Waals surface area contributed by atoms with Gasteiger partial charge in [-0.15, -0.1) is 0 Å². The number of aromatic nitrogens is 3. The molecule has 0 amide bonds. The Labute approximate surface area is 215 Å². The summed E-state index contributed by atoms with van der Waals surface area (Å²) >= 11 is 6.39. The summed E-state index contributed by atoms with van der Waals surface area (Å²) in [6.45, 7) is 2.54. The highest BCUT2D eigenvalue weighted by Crippen LogP contribution is 2.44. The number of rotatable bonds is 11. The number of ether oxygens (including phenoxy) is 1. The van der Waals surface area contributed by atoms with E-state index in [0.29, 0.717) is 28.6 Å². The molecule has 1 aromatic carbocycles. The van der Waals surface area contributed by atoms with Gasteiger partial charge in [-0.3, -0.25) is 19.7 Å². The van der Waals surface area contributed by atoms with Gasteiger partial charge in [-0.25, -0.2) is 4.39 Å². The zero-order valence-electron chi connectivity index (χ0n) is 20.5. The van der Waals surface area contributed by atoms with Crippen molar-refractivity contribution in [2.24, 2.45) is 5.41 Å². The molecule has 1 saturated heterocycles. The molecule has 1 aliphatic heterocycles. The van der Waals surface area contributed by atoms with Gasteiger partial charge in [0, 0.05) is 35.7 Å². The van der Waals surface area contributed by atoms with Gasteiger partial charge in [0.15, 0.2) is 0 Å². The van der Waals surface area contributed by atoms with Gasteiger partial charge >= 0.3 is 5.97 Å². The van der Waals surface area contributed by atoms with Crippen LogP contribution in [0.2, 0.25) is 5.02 Å². The quantitative estimate of drug-likeness (QED) is 0.353. The molecule has 1 aliphatic rings. The average Bonchev–Trinajstić information content (AvgIpc) is 2.88. The maximum absolute atomic E-state index is 15.7. The summed E-state index contributed by atoms with van der Waals surface area (Å²) in [5.74, 6) is -0.229. The van der Waals surface area contributed by atoms with E-state index in [1.165, 1.54) is 6.20 Å². The number of aliphatic carboxylic acids is 1. The van der Waals surface area contributed by atoms with Crippen molar-refractivity contribution in [1.82, 2.24) is 19.9 Å². The molecule has 0 spiro atoms. The third kappa shape index (κ3) is 6.48. The van der Waals surface area contributed by atoms with Crippen LogP contribution >= 0.6 is 11.6 Å². The number of piperidine rings is 1. The molecule has 0 radical (unpaired) electrons. The Bertz CT molecular complexity index is 1170. The zero-order chi connectivity index (χ0) is 25.5. The second-order valence-electron chi connectivity index (χ2n) is 9.62. The fraction of sp³-hybridized carbons (Fsp3) is 0.481. The van der Waals surface area contributed by atoms with E-state index < -0.39 is 17.6 Å². The molecular formula is C27H32ClFN4O3. The molecule has 3 heterocycles. The fourth-order valence-electron chi connectivity index (χ4n) is 5.22. The predicted molar refractivity (Wildman–Crippen MR) is 137 cm³/mol. The molecule has 2 aromatic heterocycles. The summed E-state index contributed by atoms with van der Waals surface area (Å²) in [5, 5.41) is 10.5. The summed E-state index contributed by atoms with van der Waals surface area (Å²) in [7, 11) is 1.56. The number of pyridine rings is 1. The van der Waals surface area contributed by atoms with Crippen molar-refractivity contribution in [2.75, 3.05) is 26.7 Å². The number of halogens is 2. The molecule has 9 heteroatoms. The van der Waals surface area contributed by atoms with Gasteiger partial charge in [0.05, 0.1) is 29.8 Å². The number of fused-ring (bicyclic) bond motifs is 1. The lowest BCUT2D eigenvalue weighted by molar-refractivity contribution is -0.141. The minimum atomic E-state index is -1.33. The van der Waals surface area contributed by atoms with Crippen LogP contribution in [-0.4, -0.2) is 57.7 Å². The Hall–Kier alpha value is -2.84. The van der Waals surface area contributed by atoms with Gasteiger partial charge < -0.3 is 14.7 Å². The van der Waals surface area contributed by atoms with Gasteiger partial charge in [0.2, 0.25) is 0 Å². The number of carboxylic acids is 1. The van der Waals surface area contributed by atoms with Crippen molar-refractivity contribution in [3.63, 3.8) is 0 Å². The van der Waals surface area contributed by atoms with E-state index in [1.54, 1.807) is 43.9 Å². The molecular weight excluding hydrogens is 483 g/mol. The molecule has 7 nitrogen and oxygen atoms in total. The number of nitrogens with zero attached hydrogens (tertiary/aromatic N) is 4. The van der Waals surface area contributed by atoms with Crippen LogP contribution in [0, 0.1) is 5.41 Å². The number of alkyl halides is 1. The first kappa shape index (κ1) is 26.2. The van der Waals surface area contributed by atoms with Crippen LogP contribution in [0.5, 0.6) is 5.75 Å². The van der Waals surface area contributed by atoms with Crippen LogP contribution in [-0.2, 0) is 11.2 Å². The fourth-order valence-corrected chi connectivity index (χ4v) is 5.49. The molecule has 0 saturated carbocycles. The number of aryl methyl sites for hydroxylation is 1. The number of likely N-dealkylation sites (tertiary alicyclic amines) is 1. The first-order valence-corrected chi connectivity index (χ1v) is 12.7. The summed E-state index contributed by atoms with van der Waals surface area (Å²) in [4.78, 5) is 26.8. The van der Waals surface area contributed by atoms with Gasteiger partial charge in [-0.1, -0.05) is 11.6 Å². The first-order chi connectivity index (χ1) is 17.4. The molecule has 1 fully saturated rings. The minimum absolute atomic E-state index is 0.0474. The molecule has 36 heavy (non-hydrogen) atoms. The molecule has 1 atom stereocenters. The molecule has 1 unspecified atom stereocenters. The van der Waals surface area contributed by atoms with E-state index in [1.807, 2.05) is 0 Å². The summed E-state index contributed by atoms with van der Waals surface area (Å²) < 4.78 is 21.0. The number of methoxy groups -OCH3 is 1. The third-order valence-corrected chi connectivity index (χ3v) is 7.58. The third-order valence-electron chi connectivity index (χ3n) is 7.28. The summed E-state index contributed by atoms with van der Waals surface area (Å²) in [6, 6.07) is 5.32. The summed E-state index contributed by atoms with van der Waals surface area (Å²) in [6.07, 6.45) is 9.33. The Morgan fingerprint density at radius 1 is 1.25 bits per heavy atom. The average molecular weight is 515 g/mol. The molecule has 3 aromatic rings. The van der Waals surface area contributed by atoms with Crippen molar-refractivity contribution in [2.45, 2.75) is 51.1 Å². The summed E-state index contributed by atoms with van der Waals surface area (Å²) in [5.41, 5.74) is 1.59. The Balaban J connectivity index is 1.39. The van der Waals surface area contributed by atoms with Crippen molar-refractivity contribution in [3.8, 4) is 5.75 Å². The van der Waals surface area contributed by atoms with Crippen LogP contribution in [0.3, 0.4) is 0 Å². The van der Waals surface area contributed by atoms with E-state index in [2.05, 4.69) is 19.9 Å². The Morgan fingerprint density at radius 2 is 2.06 bits per heavy atom. The highest BCUT2D eigenvalue weighted by Gasteiger charge is 2.37. The molecule has 4 rings (SSSR count). The van der Waals surface area contributed by atoms with Crippen molar-refractivity contribution < 1.29 is 19.0 Å². The molecule has 1 N–H and O–H groups in total. The predicted octanol–water partition coefficient (Wildman–Crippen LogP) is 5.67. The second kappa shape index (κ2) is 11.9. The zero-order valence-corrected chi connectivity index (χ0v) is 21.3. The SMILES string of the molecule is COc1ccc2ncc(Cl)c(C(F)CCC3(CC(=O)O)CCN(CCCc4cnccn4)CC3)c2c1. The second-order valence-corrected chi connectivity index (χ2v) is 10.0. The molecule has 0 aliphatic carbocycles. The highest BCUT2D eigenvalue weighted by atomic mass is 35.5. The standard InChI is InChI=1S/C27H32ClFN4O3/c1-36-20-4-5-24-21(15-20)26(22(28)18-32-24)23(29)6-7-27(16-25(34)35)8-13-33(14-9-27)12-2-3-19-17-30-10-11-31-19/h4-5,10-11,15,17-18,23H,2-3,6-9,12-14,16H2,1H3,(H,34,35). The van der Waals surface area contributed by atoms with Crippen molar-refractivity contribution in [3.05, 3.63) is 59.3 Å². The number of hydrogen-bond donors (Lipinski definition) is 1. The van der Waals surface area contributed by atoms with Gasteiger partial charge in [0.25, 0.3) is 0 Å². The lowest BCUT2D eigenvalue weighted by Crippen LogP contribution is -2.41. The lowest BCUT2D eigenvalue weighted by atomic mass is 9.71. The van der Waals surface area contributed by atoms with Crippen molar-refractivity contribution in [1.29, 1.82) is 0 Å². The normalized spacial score (nSPS) is 16.6. The molecule has 192 valence electrons. The Morgan fingerprint density at radius 3 is 2.75 bits per heavy atom. The van der Waals surface area contributed by atoms with Crippen LogP contribution in [0.15, 0.2) is 43.0 Å². The minimum Gasteiger partial charge on any atom is -0.497 e. The Kier molecular flexibility index (Phi) is 8.69. The van der Waals surface area contributed by atoms with Crippen LogP contribution in [0.4, 0.5) is 4.39 Å². The van der Waals surface area contributed by atoms with E-state index in [0.717, 1.165) is 51.0 Å². The topological polar surface area (TPSA) is 88.4 Å². The van der Waals surface area contributed by atoms with E-state index in [9.17, 15) is 9.90 Å². The first-order valence-electron chi connectivity index (χ1n) is 12.3. The van der Waals surface area contributed by atoms with Crippen LogP contribution in [0.1, 0.15) is 56.0 Å². The number of benzene rings is 1. The number of hydrogen-bond acceptors (Lipinski definition) is 6. The monoisotopic (exact) mass is 514 g/mol. The smallest absolute Gasteiger partial charge is 0.303 e. The van der Waals surface area contributed by atoms with Gasteiger partial charge in [-0.2, -0.15) is 0 Å². The van der Waals surface area contributed by atoms with Gasteiger partial charge in [-0.05, 0) is 81.8 Å². The van der Waals surface area contributed by atoms with E-state index in [4.69, 9.17) is 16.3 Å². The number of carbonyl (C=O) groups is 1. The highest BCUT2D eigenvalue weighted by molar-refractivity contribution is 6.32. The maximum Gasteiger partial charge on any atom is 0.303 e.